The van der Waals surface area contributed by atoms with Gasteiger partial charge in [-0.25, -0.2) is 4.98 Å². The number of aromatic nitrogens is 1. The van der Waals surface area contributed by atoms with E-state index in [1.807, 2.05) is 42.5 Å². The van der Waals surface area contributed by atoms with Crippen LogP contribution in [0.2, 0.25) is 0 Å². The Kier molecular flexibility index (Phi) is 6.22. The van der Waals surface area contributed by atoms with Crippen LogP contribution in [-0.4, -0.2) is 37.2 Å². The highest BCUT2D eigenvalue weighted by Gasteiger charge is 2.16. The Hall–Kier alpha value is -2.39. The van der Waals surface area contributed by atoms with Gasteiger partial charge >= 0.3 is 0 Å². The Morgan fingerprint density at radius 2 is 2.03 bits per heavy atom. The molecule has 0 unspecified atom stereocenters. The third-order valence-electron chi connectivity index (χ3n) is 5.02. The number of hydrogen-bond donors (Lipinski definition) is 1. The van der Waals surface area contributed by atoms with Crippen molar-refractivity contribution >= 4 is 61.4 Å². The number of thioether (sulfide) groups is 1. The number of carbonyl (C=O) groups is 1. The molecule has 1 aliphatic heterocycles. The Morgan fingerprint density at radius 3 is 2.87 bits per heavy atom. The number of anilines is 2. The summed E-state index contributed by atoms with van der Waals surface area (Å²) in [5.41, 5.74) is 3.71. The number of nitrogens with zero attached hydrogens (tertiary/aromatic N) is 2. The number of thiophene rings is 1. The lowest BCUT2D eigenvalue weighted by Crippen LogP contribution is -2.36. The lowest BCUT2D eigenvalue weighted by Gasteiger charge is -2.25. The molecular formula is C23H21N3O2S3. The molecule has 0 spiro atoms. The molecule has 1 fully saturated rings. The van der Waals surface area contributed by atoms with E-state index in [0.717, 1.165) is 58.0 Å². The van der Waals surface area contributed by atoms with Crippen LogP contribution in [0.3, 0.4) is 0 Å². The van der Waals surface area contributed by atoms with Crippen molar-refractivity contribution < 1.29 is 9.53 Å². The summed E-state index contributed by atoms with van der Waals surface area (Å²) in [6.45, 7) is 3.20. The molecular weight excluding hydrogens is 446 g/mol. The second-order valence-electron chi connectivity index (χ2n) is 7.15. The van der Waals surface area contributed by atoms with Gasteiger partial charge in [-0.1, -0.05) is 23.5 Å². The predicted octanol–water partition coefficient (Wildman–Crippen LogP) is 5.74. The number of ether oxygens (including phenoxy) is 1. The number of morpholine rings is 1. The molecule has 3 heterocycles. The summed E-state index contributed by atoms with van der Waals surface area (Å²) in [7, 11) is 0. The van der Waals surface area contributed by atoms with Crippen LogP contribution in [0, 0.1) is 0 Å². The van der Waals surface area contributed by atoms with Gasteiger partial charge in [0.2, 0.25) is 0 Å². The predicted molar refractivity (Wildman–Crippen MR) is 131 cm³/mol. The number of rotatable bonds is 6. The highest BCUT2D eigenvalue weighted by Crippen LogP contribution is 2.32. The van der Waals surface area contributed by atoms with Crippen LogP contribution in [0.5, 0.6) is 0 Å². The van der Waals surface area contributed by atoms with E-state index in [9.17, 15) is 4.79 Å². The van der Waals surface area contributed by atoms with Gasteiger partial charge in [0.05, 0.1) is 29.0 Å². The molecule has 4 aromatic rings. The van der Waals surface area contributed by atoms with Crippen molar-refractivity contribution in [2.24, 2.45) is 0 Å². The van der Waals surface area contributed by atoms with Gasteiger partial charge in [-0.05, 0) is 52.7 Å². The molecule has 1 amide bonds. The first kappa shape index (κ1) is 20.5. The van der Waals surface area contributed by atoms with Gasteiger partial charge in [-0.2, -0.15) is 11.3 Å². The Labute approximate surface area is 193 Å². The lowest BCUT2D eigenvalue weighted by molar-refractivity contribution is 0.102. The summed E-state index contributed by atoms with van der Waals surface area (Å²) in [6.07, 6.45) is 0. The number of benzene rings is 2. The summed E-state index contributed by atoms with van der Waals surface area (Å²) in [5, 5.41) is 8.30. The summed E-state index contributed by atoms with van der Waals surface area (Å²) >= 11 is 5.04. The molecule has 158 valence electrons. The lowest BCUT2D eigenvalue weighted by atomic mass is 10.2. The molecule has 8 heteroatoms. The topological polar surface area (TPSA) is 54.5 Å². The minimum atomic E-state index is -0.0920. The van der Waals surface area contributed by atoms with E-state index in [4.69, 9.17) is 9.72 Å². The van der Waals surface area contributed by atoms with Crippen LogP contribution in [-0.2, 0) is 10.5 Å². The highest BCUT2D eigenvalue weighted by molar-refractivity contribution is 7.98. The molecule has 0 saturated carbocycles. The average molecular weight is 468 g/mol. The number of hydrogen-bond acceptors (Lipinski definition) is 7. The third kappa shape index (κ3) is 4.77. The van der Waals surface area contributed by atoms with E-state index in [0.29, 0.717) is 5.56 Å². The van der Waals surface area contributed by atoms with Crippen LogP contribution in [0.15, 0.2) is 64.2 Å². The SMILES string of the molecule is O=C(Nc1ccc2nc(N3CCOCC3)sc2c1)c1ccccc1SCc1ccsc1. The van der Waals surface area contributed by atoms with Gasteiger partial charge in [0.15, 0.2) is 5.13 Å². The van der Waals surface area contributed by atoms with Gasteiger partial charge in [0.25, 0.3) is 5.91 Å². The first-order chi connectivity index (χ1) is 15.3. The molecule has 1 saturated heterocycles. The van der Waals surface area contributed by atoms with Crippen molar-refractivity contribution in [1.29, 1.82) is 0 Å². The zero-order chi connectivity index (χ0) is 21.0. The molecule has 31 heavy (non-hydrogen) atoms. The van der Waals surface area contributed by atoms with Crippen molar-refractivity contribution in [2.75, 3.05) is 36.5 Å². The van der Waals surface area contributed by atoms with Gasteiger partial charge in [0, 0.05) is 29.4 Å². The minimum absolute atomic E-state index is 0.0920. The average Bonchev–Trinajstić information content (AvgIpc) is 3.48. The normalized spacial score (nSPS) is 14.1. The van der Waals surface area contributed by atoms with E-state index in [-0.39, 0.29) is 5.91 Å². The number of thiazole rings is 1. The quantitative estimate of drug-likeness (QED) is 0.367. The maximum Gasteiger partial charge on any atom is 0.256 e. The Balaban J connectivity index is 1.32. The zero-order valence-corrected chi connectivity index (χ0v) is 19.2. The summed E-state index contributed by atoms with van der Waals surface area (Å²) in [6, 6.07) is 15.8. The standard InChI is InChI=1S/C23H21N3O2S3/c27-22(18-3-1-2-4-20(18)30-15-16-7-12-29-14-16)24-17-5-6-19-21(13-17)31-23(25-19)26-8-10-28-11-9-26/h1-7,12-14H,8-11,15H2,(H,24,27). The Morgan fingerprint density at radius 1 is 1.16 bits per heavy atom. The minimum Gasteiger partial charge on any atom is -0.378 e. The monoisotopic (exact) mass is 467 g/mol. The van der Waals surface area contributed by atoms with E-state index in [2.05, 4.69) is 27.0 Å². The molecule has 0 radical (unpaired) electrons. The van der Waals surface area contributed by atoms with E-state index in [1.54, 1.807) is 34.4 Å². The first-order valence-electron chi connectivity index (χ1n) is 10.0. The second kappa shape index (κ2) is 9.40. The van der Waals surface area contributed by atoms with Crippen molar-refractivity contribution in [3.8, 4) is 0 Å². The van der Waals surface area contributed by atoms with Crippen LogP contribution < -0.4 is 10.2 Å². The molecule has 0 aliphatic carbocycles. The fourth-order valence-electron chi connectivity index (χ4n) is 3.39. The van der Waals surface area contributed by atoms with Gasteiger partial charge < -0.3 is 15.0 Å². The molecule has 5 nitrogen and oxygen atoms in total. The van der Waals surface area contributed by atoms with Gasteiger partial charge in [0.1, 0.15) is 0 Å². The molecule has 1 N–H and O–H groups in total. The van der Waals surface area contributed by atoms with Gasteiger partial charge in [-0.15, -0.1) is 11.8 Å². The van der Waals surface area contributed by atoms with E-state index >= 15 is 0 Å². The number of amides is 1. The van der Waals surface area contributed by atoms with Crippen LogP contribution in [0.4, 0.5) is 10.8 Å². The fourth-order valence-corrected chi connectivity index (χ4v) is 6.22. The molecule has 0 atom stereocenters. The van der Waals surface area contributed by atoms with Crippen LogP contribution in [0.1, 0.15) is 15.9 Å². The van der Waals surface area contributed by atoms with Gasteiger partial charge in [-0.3, -0.25) is 4.79 Å². The molecule has 0 bridgehead atoms. The highest BCUT2D eigenvalue weighted by atomic mass is 32.2. The molecule has 2 aromatic heterocycles. The number of fused-ring (bicyclic) bond motifs is 1. The van der Waals surface area contributed by atoms with Crippen molar-refractivity contribution in [3.05, 3.63) is 70.4 Å². The zero-order valence-electron chi connectivity index (χ0n) is 16.7. The largest absolute Gasteiger partial charge is 0.378 e. The van der Waals surface area contributed by atoms with Crippen molar-refractivity contribution in [3.63, 3.8) is 0 Å². The maximum atomic E-state index is 13.0. The van der Waals surface area contributed by atoms with E-state index < -0.39 is 0 Å². The fraction of sp³-hybridized carbons (Fsp3) is 0.217. The third-order valence-corrected chi connectivity index (χ3v) is 7.98. The smallest absolute Gasteiger partial charge is 0.256 e. The summed E-state index contributed by atoms with van der Waals surface area (Å²) in [5.74, 6) is 0.760. The van der Waals surface area contributed by atoms with Crippen LogP contribution >= 0.6 is 34.4 Å². The maximum absolute atomic E-state index is 13.0. The second-order valence-corrected chi connectivity index (χ2v) is 9.96. The summed E-state index contributed by atoms with van der Waals surface area (Å²) < 4.78 is 6.50. The first-order valence-corrected chi connectivity index (χ1v) is 12.8. The number of nitrogens with one attached hydrogen (secondary N) is 1. The van der Waals surface area contributed by atoms with E-state index in [1.165, 1.54) is 5.56 Å². The van der Waals surface area contributed by atoms with Crippen molar-refractivity contribution in [1.82, 2.24) is 4.98 Å². The van der Waals surface area contributed by atoms with Crippen molar-refractivity contribution in [2.45, 2.75) is 10.6 Å². The Bertz CT molecular complexity index is 1180. The molecule has 1 aliphatic rings. The molecule has 5 rings (SSSR count). The summed E-state index contributed by atoms with van der Waals surface area (Å²) in [4.78, 5) is 21.0. The molecule has 2 aromatic carbocycles. The number of carbonyl (C=O) groups excluding carboxylic acids is 1. The van der Waals surface area contributed by atoms with Crippen LogP contribution in [0.25, 0.3) is 10.2 Å².